The second kappa shape index (κ2) is 3.13. The summed E-state index contributed by atoms with van der Waals surface area (Å²) < 4.78 is 4.64. The molecule has 0 fully saturated rings. The zero-order valence-electron chi connectivity index (χ0n) is 5.32. The molecule has 3 nitrogen and oxygen atoms in total. The fraction of sp³-hybridized carbons (Fsp3) is 0. The molecule has 0 aliphatic heterocycles. The third-order valence-electron chi connectivity index (χ3n) is 1.09. The summed E-state index contributed by atoms with van der Waals surface area (Å²) in [5.74, 6) is 0.335. The summed E-state index contributed by atoms with van der Waals surface area (Å²) in [5.41, 5.74) is 0. The maximum Gasteiger partial charge on any atom is 0.504 e. The van der Waals surface area contributed by atoms with E-state index in [1.165, 1.54) is 6.07 Å². The van der Waals surface area contributed by atoms with E-state index >= 15 is 0 Å². The lowest BCUT2D eigenvalue weighted by Crippen LogP contribution is -1.99. The molecule has 4 heteroatoms. The number of rotatable bonds is 2. The molecule has 0 saturated carbocycles. The Balaban J connectivity index is 2.81. The molecule has 0 amide bonds. The van der Waals surface area contributed by atoms with Gasteiger partial charge in [0.25, 0.3) is 0 Å². The average molecular weight is 138 g/mol. The van der Waals surface area contributed by atoms with Gasteiger partial charge in [-0.15, -0.1) is 0 Å². The van der Waals surface area contributed by atoms with Crippen LogP contribution in [0.2, 0.25) is 0 Å². The molecule has 1 rings (SSSR count). The highest BCUT2D eigenvalue weighted by Gasteiger charge is 1.97. The standard InChI is InChI=1S/C6H7BO3/c8-5-3-1-2-4-6(5)10-7-9/h1-4,7-9H. The first kappa shape index (κ1) is 6.96. The molecule has 1 aromatic carbocycles. The van der Waals surface area contributed by atoms with Gasteiger partial charge in [0.15, 0.2) is 5.75 Å². The summed E-state index contributed by atoms with van der Waals surface area (Å²) in [6.45, 7) is 0. The lowest BCUT2D eigenvalue weighted by atomic mass is 10.3. The summed E-state index contributed by atoms with van der Waals surface area (Å²) >= 11 is 0. The van der Waals surface area contributed by atoms with E-state index in [-0.39, 0.29) is 5.75 Å². The van der Waals surface area contributed by atoms with Crippen molar-refractivity contribution in [3.63, 3.8) is 0 Å². The van der Waals surface area contributed by atoms with E-state index in [1.807, 2.05) is 0 Å². The van der Waals surface area contributed by atoms with E-state index in [0.29, 0.717) is 5.75 Å². The van der Waals surface area contributed by atoms with Crippen molar-refractivity contribution in [1.82, 2.24) is 0 Å². The second-order valence-corrected chi connectivity index (χ2v) is 1.74. The Labute approximate surface area is 59.2 Å². The highest BCUT2D eigenvalue weighted by Crippen LogP contribution is 2.23. The van der Waals surface area contributed by atoms with Gasteiger partial charge in [-0.1, -0.05) is 12.1 Å². The van der Waals surface area contributed by atoms with Crippen molar-refractivity contribution in [2.24, 2.45) is 0 Å². The van der Waals surface area contributed by atoms with Gasteiger partial charge >= 0.3 is 7.69 Å². The quantitative estimate of drug-likeness (QED) is 0.566. The van der Waals surface area contributed by atoms with Gasteiger partial charge < -0.3 is 14.8 Å². The van der Waals surface area contributed by atoms with Gasteiger partial charge in [0, 0.05) is 0 Å². The molecule has 0 unspecified atom stereocenters. The van der Waals surface area contributed by atoms with Crippen LogP contribution >= 0.6 is 0 Å². The Bertz CT molecular complexity index is 214. The molecule has 0 atom stereocenters. The molecule has 0 aliphatic rings. The maximum absolute atomic E-state index is 9.01. The van der Waals surface area contributed by atoms with Crippen LogP contribution in [0, 0.1) is 0 Å². The van der Waals surface area contributed by atoms with E-state index in [9.17, 15) is 0 Å². The lowest BCUT2D eigenvalue weighted by molar-refractivity contribution is 0.410. The Morgan fingerprint density at radius 2 is 2.00 bits per heavy atom. The molecule has 0 bridgehead atoms. The third kappa shape index (κ3) is 1.42. The Morgan fingerprint density at radius 1 is 1.30 bits per heavy atom. The SMILES string of the molecule is OBOc1ccccc1O. The first-order chi connectivity index (χ1) is 4.84. The number of hydrogen-bond acceptors (Lipinski definition) is 3. The van der Waals surface area contributed by atoms with Crippen LogP contribution in [0.1, 0.15) is 0 Å². The first-order valence-electron chi connectivity index (χ1n) is 2.86. The minimum atomic E-state index is -0.419. The zero-order valence-corrected chi connectivity index (χ0v) is 5.32. The highest BCUT2D eigenvalue weighted by atomic mass is 16.5. The van der Waals surface area contributed by atoms with Crippen LogP contribution in [-0.2, 0) is 0 Å². The van der Waals surface area contributed by atoms with Gasteiger partial charge in [-0.05, 0) is 12.1 Å². The smallest absolute Gasteiger partial charge is 0.504 e. The van der Waals surface area contributed by atoms with Gasteiger partial charge in [-0.3, -0.25) is 0 Å². The Morgan fingerprint density at radius 3 is 2.60 bits per heavy atom. The number of para-hydroxylation sites is 2. The molecule has 2 N–H and O–H groups in total. The van der Waals surface area contributed by atoms with Crippen molar-refractivity contribution in [1.29, 1.82) is 0 Å². The van der Waals surface area contributed by atoms with E-state index in [4.69, 9.17) is 10.1 Å². The Kier molecular flexibility index (Phi) is 2.17. The van der Waals surface area contributed by atoms with Gasteiger partial charge in [0.2, 0.25) is 0 Å². The van der Waals surface area contributed by atoms with Gasteiger partial charge in [0.05, 0.1) is 0 Å². The summed E-state index contributed by atoms with van der Waals surface area (Å²) in [5, 5.41) is 17.3. The third-order valence-corrected chi connectivity index (χ3v) is 1.09. The molecule has 52 valence electrons. The van der Waals surface area contributed by atoms with Crippen LogP contribution in [0.3, 0.4) is 0 Å². The molecular formula is C6H7BO3. The molecule has 0 aromatic heterocycles. The van der Waals surface area contributed by atoms with Crippen molar-refractivity contribution in [3.05, 3.63) is 24.3 Å². The average Bonchev–Trinajstić information content (AvgIpc) is 1.94. The van der Waals surface area contributed by atoms with Gasteiger partial charge in [0.1, 0.15) is 5.75 Å². The summed E-state index contributed by atoms with van der Waals surface area (Å²) in [7, 11) is -0.419. The molecule has 10 heavy (non-hydrogen) atoms. The monoisotopic (exact) mass is 138 g/mol. The van der Waals surface area contributed by atoms with Gasteiger partial charge in [-0.25, -0.2) is 0 Å². The molecular weight excluding hydrogens is 131 g/mol. The summed E-state index contributed by atoms with van der Waals surface area (Å²) in [6, 6.07) is 6.46. The molecule has 0 heterocycles. The van der Waals surface area contributed by atoms with Crippen LogP contribution in [0.15, 0.2) is 24.3 Å². The topological polar surface area (TPSA) is 49.7 Å². The molecule has 0 aliphatic carbocycles. The van der Waals surface area contributed by atoms with Crippen LogP contribution in [0.25, 0.3) is 0 Å². The maximum atomic E-state index is 9.01. The zero-order chi connectivity index (χ0) is 7.40. The number of aromatic hydroxyl groups is 1. The molecule has 0 radical (unpaired) electrons. The molecule has 1 aromatic rings. The van der Waals surface area contributed by atoms with Crippen molar-refractivity contribution >= 4 is 7.69 Å². The van der Waals surface area contributed by atoms with Crippen molar-refractivity contribution in [2.45, 2.75) is 0 Å². The largest absolute Gasteiger partial charge is 0.536 e. The lowest BCUT2D eigenvalue weighted by Gasteiger charge is -2.02. The number of phenolic OH excluding ortho intramolecular Hbond substituents is 1. The normalized spacial score (nSPS) is 8.90. The fourth-order valence-electron chi connectivity index (χ4n) is 0.649. The first-order valence-corrected chi connectivity index (χ1v) is 2.86. The highest BCUT2D eigenvalue weighted by molar-refractivity contribution is 6.17. The van der Waals surface area contributed by atoms with Crippen LogP contribution in [0.4, 0.5) is 0 Å². The Hall–Kier alpha value is -1.16. The summed E-state index contributed by atoms with van der Waals surface area (Å²) in [6.07, 6.45) is 0. The minimum absolute atomic E-state index is 0.0385. The minimum Gasteiger partial charge on any atom is -0.536 e. The fourth-order valence-corrected chi connectivity index (χ4v) is 0.649. The van der Waals surface area contributed by atoms with Crippen LogP contribution in [-0.4, -0.2) is 17.8 Å². The predicted molar refractivity (Wildman–Crippen MR) is 38.1 cm³/mol. The number of phenols is 1. The van der Waals surface area contributed by atoms with E-state index in [0.717, 1.165) is 0 Å². The van der Waals surface area contributed by atoms with Crippen molar-refractivity contribution in [2.75, 3.05) is 0 Å². The second-order valence-electron chi connectivity index (χ2n) is 1.74. The summed E-state index contributed by atoms with van der Waals surface area (Å²) in [4.78, 5) is 0. The number of hydrogen-bond donors (Lipinski definition) is 2. The van der Waals surface area contributed by atoms with E-state index < -0.39 is 7.69 Å². The van der Waals surface area contributed by atoms with Crippen LogP contribution in [0.5, 0.6) is 11.5 Å². The van der Waals surface area contributed by atoms with E-state index in [1.54, 1.807) is 18.2 Å². The molecule has 0 saturated heterocycles. The van der Waals surface area contributed by atoms with Crippen molar-refractivity contribution in [3.8, 4) is 11.5 Å². The number of benzene rings is 1. The van der Waals surface area contributed by atoms with Crippen molar-refractivity contribution < 1.29 is 14.8 Å². The van der Waals surface area contributed by atoms with Gasteiger partial charge in [-0.2, -0.15) is 0 Å². The predicted octanol–water partition coefficient (Wildman–Crippen LogP) is 0.0298. The molecule has 0 spiro atoms. The van der Waals surface area contributed by atoms with E-state index in [2.05, 4.69) is 4.65 Å². The van der Waals surface area contributed by atoms with Crippen LogP contribution < -0.4 is 4.65 Å².